The van der Waals surface area contributed by atoms with Crippen LogP contribution in [0.1, 0.15) is 46.6 Å². The number of nitrogens with zero attached hydrogens (tertiary/aromatic N) is 2. The lowest BCUT2D eigenvalue weighted by Gasteiger charge is -2.57. The number of fused-ring (bicyclic) bond motifs is 1. The van der Waals surface area contributed by atoms with Crippen LogP contribution < -0.4 is 16.0 Å². The van der Waals surface area contributed by atoms with Crippen LogP contribution in [0.25, 0.3) is 10.2 Å². The summed E-state index contributed by atoms with van der Waals surface area (Å²) in [6.45, 7) is 4.65. The Morgan fingerprint density at radius 2 is 2.16 bits per heavy atom. The summed E-state index contributed by atoms with van der Waals surface area (Å²) >= 11 is 1.23. The van der Waals surface area contributed by atoms with Crippen LogP contribution in [0.5, 0.6) is 0 Å². The van der Waals surface area contributed by atoms with Crippen LogP contribution in [-0.2, 0) is 0 Å². The number of halogens is 2. The number of aryl methyl sites for hydroxylation is 1. The van der Waals surface area contributed by atoms with Crippen LogP contribution in [0.15, 0.2) is 24.3 Å². The molecular weight excluding hydrogens is 430 g/mol. The van der Waals surface area contributed by atoms with Crippen molar-refractivity contribution in [2.75, 3.05) is 23.7 Å². The van der Waals surface area contributed by atoms with Gasteiger partial charge >= 0.3 is 0 Å². The lowest BCUT2D eigenvalue weighted by atomic mass is 9.70. The summed E-state index contributed by atoms with van der Waals surface area (Å²) in [5.74, 6) is -0.218. The largest absolute Gasteiger partial charge is 0.397 e. The van der Waals surface area contributed by atoms with Crippen molar-refractivity contribution in [3.8, 4) is 0 Å². The average Bonchev–Trinajstić information content (AvgIpc) is 3.36. The van der Waals surface area contributed by atoms with Gasteiger partial charge in [0.2, 0.25) is 0 Å². The number of benzene rings is 1. The minimum Gasteiger partial charge on any atom is -0.397 e. The predicted octanol–water partition coefficient (Wildman–Crippen LogP) is 4.60. The minimum atomic E-state index is -0.430. The smallest absolute Gasteiger partial charge is 0.263 e. The molecule has 2 aromatic heterocycles. The number of aromatic nitrogens is 1. The van der Waals surface area contributed by atoms with Gasteiger partial charge in [-0.05, 0) is 49.4 Å². The molecule has 3 unspecified atom stereocenters. The van der Waals surface area contributed by atoms with E-state index >= 15 is 0 Å². The van der Waals surface area contributed by atoms with Crippen molar-refractivity contribution in [1.29, 1.82) is 0 Å². The zero-order valence-corrected chi connectivity index (χ0v) is 18.7. The van der Waals surface area contributed by atoms with E-state index in [9.17, 15) is 13.6 Å². The van der Waals surface area contributed by atoms with E-state index < -0.39 is 11.7 Å². The highest BCUT2D eigenvalue weighted by atomic mass is 32.1. The van der Waals surface area contributed by atoms with Crippen LogP contribution in [0.2, 0.25) is 0 Å². The third-order valence-corrected chi connectivity index (χ3v) is 8.81. The number of pyridine rings is 1. The first-order chi connectivity index (χ1) is 15.3. The number of nitrogens with one attached hydrogen (secondary N) is 1. The molecule has 32 heavy (non-hydrogen) atoms. The topological polar surface area (TPSA) is 71.2 Å². The number of anilines is 2. The van der Waals surface area contributed by atoms with Crippen molar-refractivity contribution in [3.05, 3.63) is 52.0 Å². The standard InChI is InChI=1S/C24H24F2N4OS/c1-11(9-28-22(31)21-20(27)15-4-3-12(2)29-23(15)32-21)16-6-18(26)19(7-17(16)25)30-10-14-5-13-8-24(13,14)30/h3-4,6-7,11,13-14H,5,8-10,27H2,1-2H3,(H,28,31)/t11-,13?,14?,24?/m1/s1. The number of carbonyl (C=O) groups excluding carboxylic acids is 1. The number of piperidine rings is 1. The average molecular weight is 455 g/mol. The number of amides is 1. The third kappa shape index (κ3) is 2.65. The zero-order valence-electron chi connectivity index (χ0n) is 17.9. The van der Waals surface area contributed by atoms with Crippen molar-refractivity contribution >= 4 is 38.8 Å². The van der Waals surface area contributed by atoms with Gasteiger partial charge < -0.3 is 16.0 Å². The van der Waals surface area contributed by atoms with Crippen molar-refractivity contribution in [1.82, 2.24) is 10.3 Å². The first kappa shape index (κ1) is 19.9. The molecule has 5 nitrogen and oxygen atoms in total. The van der Waals surface area contributed by atoms with E-state index in [2.05, 4.69) is 15.2 Å². The van der Waals surface area contributed by atoms with Gasteiger partial charge in [-0.2, -0.15) is 0 Å². The molecule has 3 fully saturated rings. The third-order valence-electron chi connectivity index (χ3n) is 7.70. The molecule has 3 aliphatic rings. The highest BCUT2D eigenvalue weighted by molar-refractivity contribution is 7.21. The summed E-state index contributed by atoms with van der Waals surface area (Å²) in [5, 5.41) is 3.57. The van der Waals surface area contributed by atoms with Crippen molar-refractivity contribution in [2.24, 2.45) is 11.8 Å². The van der Waals surface area contributed by atoms with Crippen LogP contribution in [0, 0.1) is 30.4 Å². The van der Waals surface area contributed by atoms with E-state index in [1.165, 1.54) is 29.9 Å². The van der Waals surface area contributed by atoms with Gasteiger partial charge in [0.25, 0.3) is 5.91 Å². The van der Waals surface area contributed by atoms with E-state index in [-0.39, 0.29) is 29.4 Å². The molecule has 3 heterocycles. The molecule has 8 heteroatoms. The molecule has 0 radical (unpaired) electrons. The second kappa shape index (κ2) is 6.63. The summed E-state index contributed by atoms with van der Waals surface area (Å²) in [6.07, 6.45) is 2.34. The fourth-order valence-electron chi connectivity index (χ4n) is 5.72. The Labute approximate surface area is 188 Å². The van der Waals surface area contributed by atoms with Gasteiger partial charge in [-0.15, -0.1) is 11.3 Å². The maximum atomic E-state index is 14.9. The Morgan fingerprint density at radius 1 is 1.34 bits per heavy atom. The first-order valence-corrected chi connectivity index (χ1v) is 11.8. The van der Waals surface area contributed by atoms with Crippen molar-refractivity contribution < 1.29 is 13.6 Å². The van der Waals surface area contributed by atoms with Gasteiger partial charge in [-0.3, -0.25) is 4.79 Å². The zero-order chi connectivity index (χ0) is 22.4. The quantitative estimate of drug-likeness (QED) is 0.591. The number of thiophene rings is 1. The molecule has 3 N–H and O–H groups in total. The van der Waals surface area contributed by atoms with Crippen LogP contribution in [-0.4, -0.2) is 29.5 Å². The molecule has 1 aliphatic heterocycles. The first-order valence-electron chi connectivity index (χ1n) is 11.0. The predicted molar refractivity (Wildman–Crippen MR) is 122 cm³/mol. The van der Waals surface area contributed by atoms with E-state index in [1.807, 2.05) is 19.1 Å². The van der Waals surface area contributed by atoms with Crippen LogP contribution >= 0.6 is 11.3 Å². The number of hydrogen-bond acceptors (Lipinski definition) is 5. The summed E-state index contributed by atoms with van der Waals surface area (Å²) < 4.78 is 29.9. The van der Waals surface area contributed by atoms with Crippen molar-refractivity contribution in [2.45, 2.75) is 38.1 Å². The molecule has 1 aromatic carbocycles. The molecule has 0 bridgehead atoms. The molecule has 4 atom stereocenters. The molecule has 2 saturated carbocycles. The summed E-state index contributed by atoms with van der Waals surface area (Å²) in [4.78, 5) is 20.3. The number of nitrogen functional groups attached to an aromatic ring is 1. The maximum absolute atomic E-state index is 14.9. The number of nitrogens with two attached hydrogens (primary N) is 1. The lowest BCUT2D eigenvalue weighted by Crippen LogP contribution is -2.65. The van der Waals surface area contributed by atoms with Gasteiger partial charge in [-0.25, -0.2) is 13.8 Å². The van der Waals surface area contributed by atoms with Crippen LogP contribution in [0.4, 0.5) is 20.2 Å². The number of rotatable bonds is 5. The fourth-order valence-corrected chi connectivity index (χ4v) is 6.78. The summed E-state index contributed by atoms with van der Waals surface area (Å²) in [6, 6.07) is 6.34. The van der Waals surface area contributed by atoms with Crippen LogP contribution in [0.3, 0.4) is 0 Å². The Balaban J connectivity index is 1.17. The SMILES string of the molecule is Cc1ccc2c(N)c(C(=O)NC[C@@H](C)c3cc(F)c(N4CC5CC6CC564)cc3F)sc2n1. The second-order valence-corrected chi connectivity index (χ2v) is 10.5. The molecular formula is C24H24F2N4OS. The lowest BCUT2D eigenvalue weighted by molar-refractivity contribution is 0.0956. The summed E-state index contributed by atoms with van der Waals surface area (Å²) in [7, 11) is 0. The van der Waals surface area contributed by atoms with Gasteiger partial charge in [0.1, 0.15) is 21.3 Å². The van der Waals surface area contributed by atoms with E-state index in [0.717, 1.165) is 24.0 Å². The molecule has 6 rings (SSSR count). The molecule has 166 valence electrons. The van der Waals surface area contributed by atoms with Gasteiger partial charge in [-0.1, -0.05) is 6.92 Å². The van der Waals surface area contributed by atoms with Gasteiger partial charge in [0, 0.05) is 47.6 Å². The molecule has 2 aliphatic carbocycles. The number of hydrogen-bond donors (Lipinski definition) is 2. The fraction of sp³-hybridized carbons (Fsp3) is 0.417. The molecule has 1 saturated heterocycles. The Hall–Kier alpha value is -2.74. The Kier molecular flexibility index (Phi) is 4.13. The van der Waals surface area contributed by atoms with Gasteiger partial charge in [0.05, 0.1) is 11.4 Å². The monoisotopic (exact) mass is 454 g/mol. The Bertz CT molecular complexity index is 1290. The summed E-state index contributed by atoms with van der Waals surface area (Å²) in [5.41, 5.74) is 8.17. The maximum Gasteiger partial charge on any atom is 0.263 e. The van der Waals surface area contributed by atoms with E-state index in [1.54, 1.807) is 6.92 Å². The van der Waals surface area contributed by atoms with Crippen molar-refractivity contribution in [3.63, 3.8) is 0 Å². The van der Waals surface area contributed by atoms with E-state index in [0.29, 0.717) is 32.9 Å². The number of carbonyl (C=O) groups is 1. The highest BCUT2D eigenvalue weighted by Crippen LogP contribution is 2.73. The van der Waals surface area contributed by atoms with E-state index in [4.69, 9.17) is 5.73 Å². The normalized spacial score (nSPS) is 26.1. The molecule has 1 spiro atoms. The minimum absolute atomic E-state index is 0.131. The second-order valence-electron chi connectivity index (χ2n) is 9.52. The molecule has 3 aromatic rings. The van der Waals surface area contributed by atoms with Gasteiger partial charge in [0.15, 0.2) is 0 Å². The highest BCUT2D eigenvalue weighted by Gasteiger charge is 2.77. The molecule has 1 amide bonds. The Morgan fingerprint density at radius 3 is 2.88 bits per heavy atom.